The van der Waals surface area contributed by atoms with Crippen LogP contribution in [0.4, 0.5) is 5.69 Å². The number of amides is 1. The summed E-state index contributed by atoms with van der Waals surface area (Å²) < 4.78 is 37.7. The van der Waals surface area contributed by atoms with Crippen molar-refractivity contribution < 1.29 is 27.5 Å². The van der Waals surface area contributed by atoms with Gasteiger partial charge in [0.25, 0.3) is 5.91 Å². The molecule has 2 aromatic rings. The molecule has 1 aliphatic carbocycles. The average molecular weight is 453 g/mol. The van der Waals surface area contributed by atoms with Crippen molar-refractivity contribution in [3.8, 4) is 5.75 Å². The maximum Gasteiger partial charge on any atom is 0.338 e. The monoisotopic (exact) mass is 452 g/mol. The molecule has 0 spiro atoms. The SMILES string of the molecule is COc1ccc(C(=O)OCC(=O)Nc2ccc(C)c(Cl)c2)cc1S(=O)(=O)NC1CC1. The molecule has 8 nitrogen and oxygen atoms in total. The van der Waals surface area contributed by atoms with Gasteiger partial charge in [-0.3, -0.25) is 4.79 Å². The number of methoxy groups -OCH3 is 1. The lowest BCUT2D eigenvalue weighted by atomic mass is 10.2. The molecule has 1 saturated carbocycles. The summed E-state index contributed by atoms with van der Waals surface area (Å²) in [4.78, 5) is 24.2. The van der Waals surface area contributed by atoms with E-state index < -0.39 is 28.5 Å². The van der Waals surface area contributed by atoms with E-state index in [1.54, 1.807) is 18.2 Å². The maximum absolute atomic E-state index is 12.5. The molecule has 3 rings (SSSR count). The molecule has 0 heterocycles. The Labute approximate surface area is 179 Å². The molecule has 0 unspecified atom stereocenters. The predicted octanol–water partition coefficient (Wildman–Crippen LogP) is 2.89. The minimum Gasteiger partial charge on any atom is -0.495 e. The Bertz CT molecular complexity index is 1080. The normalized spacial score (nSPS) is 13.6. The molecule has 0 aromatic heterocycles. The Morgan fingerprint density at radius 3 is 2.53 bits per heavy atom. The van der Waals surface area contributed by atoms with Crippen molar-refractivity contribution in [1.29, 1.82) is 0 Å². The highest BCUT2D eigenvalue weighted by Crippen LogP contribution is 2.28. The summed E-state index contributed by atoms with van der Waals surface area (Å²) in [6, 6.07) is 8.82. The lowest BCUT2D eigenvalue weighted by Gasteiger charge is -2.12. The number of nitrogens with one attached hydrogen (secondary N) is 2. The van der Waals surface area contributed by atoms with Gasteiger partial charge in [-0.15, -0.1) is 0 Å². The van der Waals surface area contributed by atoms with Crippen LogP contribution in [0.2, 0.25) is 5.02 Å². The third-order valence-corrected chi connectivity index (χ3v) is 6.33. The van der Waals surface area contributed by atoms with E-state index in [4.69, 9.17) is 21.1 Å². The van der Waals surface area contributed by atoms with E-state index in [9.17, 15) is 18.0 Å². The molecule has 2 N–H and O–H groups in total. The van der Waals surface area contributed by atoms with Crippen molar-refractivity contribution in [2.24, 2.45) is 0 Å². The van der Waals surface area contributed by atoms with E-state index in [0.29, 0.717) is 10.7 Å². The molecule has 0 aliphatic heterocycles. The Hall–Kier alpha value is -2.62. The zero-order valence-electron chi connectivity index (χ0n) is 16.4. The highest BCUT2D eigenvalue weighted by atomic mass is 35.5. The van der Waals surface area contributed by atoms with Gasteiger partial charge in [0.15, 0.2) is 6.61 Å². The molecule has 1 amide bonds. The van der Waals surface area contributed by atoms with Crippen LogP contribution in [-0.4, -0.2) is 40.1 Å². The van der Waals surface area contributed by atoms with E-state index in [1.807, 2.05) is 6.92 Å². The van der Waals surface area contributed by atoms with E-state index in [-0.39, 0.29) is 22.3 Å². The molecule has 0 saturated heterocycles. The minimum absolute atomic E-state index is 0.0156. The zero-order chi connectivity index (χ0) is 21.9. The molecule has 1 aliphatic rings. The fourth-order valence-corrected chi connectivity index (χ4v) is 4.26. The minimum atomic E-state index is -3.85. The van der Waals surface area contributed by atoms with E-state index in [0.717, 1.165) is 18.4 Å². The van der Waals surface area contributed by atoms with E-state index in [2.05, 4.69) is 10.0 Å². The van der Waals surface area contributed by atoms with Crippen molar-refractivity contribution in [1.82, 2.24) is 4.72 Å². The first-order valence-electron chi connectivity index (χ1n) is 9.13. The molecule has 160 valence electrons. The molecule has 0 bridgehead atoms. The number of rotatable bonds is 8. The number of ether oxygens (including phenoxy) is 2. The average Bonchev–Trinajstić information content (AvgIpc) is 3.51. The second kappa shape index (κ2) is 9.03. The number of sulfonamides is 1. The molecule has 0 radical (unpaired) electrons. The smallest absolute Gasteiger partial charge is 0.338 e. The summed E-state index contributed by atoms with van der Waals surface area (Å²) in [7, 11) is -2.51. The molecule has 0 atom stereocenters. The van der Waals surface area contributed by atoms with E-state index >= 15 is 0 Å². The van der Waals surface area contributed by atoms with Crippen molar-refractivity contribution >= 4 is 39.2 Å². The van der Waals surface area contributed by atoms with Crippen LogP contribution in [0.3, 0.4) is 0 Å². The van der Waals surface area contributed by atoms with Gasteiger partial charge in [-0.05, 0) is 55.7 Å². The lowest BCUT2D eigenvalue weighted by Crippen LogP contribution is -2.26. The fraction of sp³-hybridized carbons (Fsp3) is 0.300. The molecular weight excluding hydrogens is 432 g/mol. The van der Waals surface area contributed by atoms with Crippen LogP contribution in [0.5, 0.6) is 5.75 Å². The van der Waals surface area contributed by atoms with Crippen LogP contribution in [0, 0.1) is 6.92 Å². The van der Waals surface area contributed by atoms with Crippen LogP contribution in [0.15, 0.2) is 41.3 Å². The highest BCUT2D eigenvalue weighted by Gasteiger charge is 2.30. The van der Waals surface area contributed by atoms with Crippen LogP contribution >= 0.6 is 11.6 Å². The van der Waals surface area contributed by atoms with E-state index in [1.165, 1.54) is 25.3 Å². The van der Waals surface area contributed by atoms with Gasteiger partial charge < -0.3 is 14.8 Å². The van der Waals surface area contributed by atoms with Crippen molar-refractivity contribution in [2.45, 2.75) is 30.7 Å². The van der Waals surface area contributed by atoms with Gasteiger partial charge in [0.05, 0.1) is 12.7 Å². The number of carbonyl (C=O) groups is 2. The predicted molar refractivity (Wildman–Crippen MR) is 111 cm³/mol. The summed E-state index contributed by atoms with van der Waals surface area (Å²) in [5, 5.41) is 3.07. The molecular formula is C20H21ClN2O6S. The molecule has 10 heteroatoms. The number of hydrogen-bond donors (Lipinski definition) is 2. The second-order valence-electron chi connectivity index (χ2n) is 6.85. The standard InChI is InChI=1S/C20H21ClN2O6S/c1-12-3-5-15(10-16(12)21)22-19(24)11-29-20(25)13-4-8-17(28-2)18(9-13)30(26,27)23-14-6-7-14/h3-5,8-10,14,23H,6-7,11H2,1-2H3,(H,22,24). The topological polar surface area (TPSA) is 111 Å². The number of benzene rings is 2. The van der Waals surface area contributed by atoms with Crippen LogP contribution < -0.4 is 14.8 Å². The van der Waals surface area contributed by atoms with Crippen LogP contribution in [-0.2, 0) is 19.6 Å². The summed E-state index contributed by atoms with van der Waals surface area (Å²) in [6.45, 7) is 1.29. The first kappa shape index (κ1) is 22.1. The van der Waals surface area contributed by atoms with Crippen molar-refractivity contribution in [3.63, 3.8) is 0 Å². The largest absolute Gasteiger partial charge is 0.495 e. The Morgan fingerprint density at radius 1 is 1.17 bits per heavy atom. The van der Waals surface area contributed by atoms with Crippen molar-refractivity contribution in [3.05, 3.63) is 52.5 Å². The summed E-state index contributed by atoms with van der Waals surface area (Å²) in [5.74, 6) is -1.29. The van der Waals surface area contributed by atoms with Gasteiger partial charge in [-0.2, -0.15) is 0 Å². The molecule has 1 fully saturated rings. The summed E-state index contributed by atoms with van der Waals surface area (Å²) >= 11 is 6.02. The fourth-order valence-electron chi connectivity index (χ4n) is 2.58. The van der Waals surface area contributed by atoms with Gasteiger partial charge >= 0.3 is 5.97 Å². The third kappa shape index (κ3) is 5.50. The Morgan fingerprint density at radius 2 is 1.90 bits per heavy atom. The highest BCUT2D eigenvalue weighted by molar-refractivity contribution is 7.89. The van der Waals surface area contributed by atoms with Gasteiger partial charge in [-0.1, -0.05) is 17.7 Å². The zero-order valence-corrected chi connectivity index (χ0v) is 18.0. The number of anilines is 1. The van der Waals surface area contributed by atoms with Gasteiger partial charge in [-0.25, -0.2) is 17.9 Å². The number of aryl methyl sites for hydroxylation is 1. The number of esters is 1. The van der Waals surface area contributed by atoms with Crippen molar-refractivity contribution in [2.75, 3.05) is 19.0 Å². The second-order valence-corrected chi connectivity index (χ2v) is 8.94. The quantitative estimate of drug-likeness (QED) is 0.596. The summed E-state index contributed by atoms with van der Waals surface area (Å²) in [5.41, 5.74) is 1.32. The number of halogens is 1. The first-order valence-corrected chi connectivity index (χ1v) is 11.0. The molecule has 30 heavy (non-hydrogen) atoms. The number of carbonyl (C=O) groups excluding carboxylic acids is 2. The van der Waals surface area contributed by atoms with Crippen LogP contribution in [0.1, 0.15) is 28.8 Å². The summed E-state index contributed by atoms with van der Waals surface area (Å²) in [6.07, 6.45) is 1.54. The van der Waals surface area contributed by atoms with Gasteiger partial charge in [0.1, 0.15) is 10.6 Å². The van der Waals surface area contributed by atoms with Gasteiger partial charge in [0, 0.05) is 16.8 Å². The van der Waals surface area contributed by atoms with Crippen LogP contribution in [0.25, 0.3) is 0 Å². The molecule has 2 aromatic carbocycles. The number of hydrogen-bond acceptors (Lipinski definition) is 6. The maximum atomic E-state index is 12.5. The Balaban J connectivity index is 1.66. The Kier molecular flexibility index (Phi) is 6.64. The van der Waals surface area contributed by atoms with Gasteiger partial charge in [0.2, 0.25) is 10.0 Å². The first-order chi connectivity index (χ1) is 14.2. The third-order valence-electron chi connectivity index (χ3n) is 4.38. The lowest BCUT2D eigenvalue weighted by molar-refractivity contribution is -0.119.